The maximum atomic E-state index is 5.99. The van der Waals surface area contributed by atoms with E-state index >= 15 is 0 Å². The standard InChI is InChI=1S/C16H13NOS/c1-2-6-14-12(5-1)13-7-9-18-15(16(13)19-14)11-4-3-8-17-10-11/h1-6,8,10,15H,7,9H2. The fourth-order valence-electron chi connectivity index (χ4n) is 2.72. The summed E-state index contributed by atoms with van der Waals surface area (Å²) in [6.45, 7) is 0.785. The van der Waals surface area contributed by atoms with Crippen molar-refractivity contribution in [3.63, 3.8) is 0 Å². The average Bonchev–Trinajstić information content (AvgIpc) is 2.87. The van der Waals surface area contributed by atoms with E-state index < -0.39 is 0 Å². The predicted octanol–water partition coefficient (Wildman–Crippen LogP) is 3.96. The fraction of sp³-hybridized carbons (Fsp3) is 0.188. The zero-order chi connectivity index (χ0) is 12.7. The van der Waals surface area contributed by atoms with Crippen LogP contribution in [0.4, 0.5) is 0 Å². The summed E-state index contributed by atoms with van der Waals surface area (Å²) in [5, 5.41) is 1.39. The highest BCUT2D eigenvalue weighted by molar-refractivity contribution is 7.19. The van der Waals surface area contributed by atoms with E-state index in [1.54, 1.807) is 6.20 Å². The molecule has 1 aliphatic rings. The van der Waals surface area contributed by atoms with Gasteiger partial charge in [-0.05, 0) is 29.5 Å². The zero-order valence-electron chi connectivity index (χ0n) is 10.4. The normalized spacial score (nSPS) is 18.4. The van der Waals surface area contributed by atoms with Crippen molar-refractivity contribution in [1.29, 1.82) is 0 Å². The highest BCUT2D eigenvalue weighted by Gasteiger charge is 2.26. The first-order chi connectivity index (χ1) is 9.43. The lowest BCUT2D eigenvalue weighted by molar-refractivity contribution is 0.0730. The fourth-order valence-corrected chi connectivity index (χ4v) is 4.05. The average molecular weight is 267 g/mol. The van der Waals surface area contributed by atoms with Crippen LogP contribution in [0.1, 0.15) is 22.1 Å². The van der Waals surface area contributed by atoms with Gasteiger partial charge in [0.05, 0.1) is 6.61 Å². The summed E-state index contributed by atoms with van der Waals surface area (Å²) in [5.41, 5.74) is 2.61. The Labute approximate surface area is 115 Å². The molecule has 3 heterocycles. The Hall–Kier alpha value is -1.71. The van der Waals surface area contributed by atoms with Crippen molar-refractivity contribution in [2.75, 3.05) is 6.61 Å². The molecule has 0 aliphatic carbocycles. The molecular weight excluding hydrogens is 254 g/mol. The number of benzene rings is 1. The monoisotopic (exact) mass is 267 g/mol. The third-order valence-corrected chi connectivity index (χ3v) is 4.85. The molecule has 0 amide bonds. The van der Waals surface area contributed by atoms with Crippen LogP contribution in [0.5, 0.6) is 0 Å². The summed E-state index contributed by atoms with van der Waals surface area (Å²) in [5.74, 6) is 0. The van der Waals surface area contributed by atoms with Crippen molar-refractivity contribution in [3.05, 3.63) is 64.8 Å². The molecule has 0 saturated heterocycles. The molecule has 1 aliphatic heterocycles. The van der Waals surface area contributed by atoms with E-state index in [0.29, 0.717) is 0 Å². The van der Waals surface area contributed by atoms with Gasteiger partial charge in [-0.1, -0.05) is 24.3 Å². The Morgan fingerprint density at radius 3 is 3.00 bits per heavy atom. The van der Waals surface area contributed by atoms with Gasteiger partial charge in [0.25, 0.3) is 0 Å². The highest BCUT2D eigenvalue weighted by atomic mass is 32.1. The van der Waals surface area contributed by atoms with Crippen LogP contribution in [0.25, 0.3) is 10.1 Å². The number of rotatable bonds is 1. The molecule has 0 fully saturated rings. The molecule has 1 atom stereocenters. The van der Waals surface area contributed by atoms with Crippen LogP contribution in [0, 0.1) is 0 Å². The van der Waals surface area contributed by atoms with Gasteiger partial charge < -0.3 is 4.74 Å². The lowest BCUT2D eigenvalue weighted by Crippen LogP contribution is -2.15. The van der Waals surface area contributed by atoms with Gasteiger partial charge in [0, 0.05) is 27.5 Å². The second-order valence-electron chi connectivity index (χ2n) is 4.73. The minimum atomic E-state index is 0.0508. The van der Waals surface area contributed by atoms with Gasteiger partial charge in [-0.3, -0.25) is 4.98 Å². The summed E-state index contributed by atoms with van der Waals surface area (Å²) in [4.78, 5) is 5.56. The molecule has 0 saturated carbocycles. The van der Waals surface area contributed by atoms with Crippen LogP contribution in [-0.4, -0.2) is 11.6 Å². The van der Waals surface area contributed by atoms with Gasteiger partial charge in [-0.25, -0.2) is 0 Å². The maximum Gasteiger partial charge on any atom is 0.118 e. The highest BCUT2D eigenvalue weighted by Crippen LogP contribution is 2.42. The van der Waals surface area contributed by atoms with Crippen LogP contribution >= 0.6 is 11.3 Å². The molecule has 1 aromatic carbocycles. The molecule has 0 radical (unpaired) electrons. The topological polar surface area (TPSA) is 22.1 Å². The molecule has 0 N–H and O–H groups in total. The van der Waals surface area contributed by atoms with Crippen molar-refractivity contribution in [2.45, 2.75) is 12.5 Å². The van der Waals surface area contributed by atoms with Crippen LogP contribution in [0.3, 0.4) is 0 Å². The second-order valence-corrected chi connectivity index (χ2v) is 5.81. The van der Waals surface area contributed by atoms with Crippen LogP contribution in [-0.2, 0) is 11.2 Å². The third kappa shape index (κ3) is 1.78. The van der Waals surface area contributed by atoms with E-state index in [1.807, 2.05) is 23.6 Å². The molecule has 1 unspecified atom stereocenters. The van der Waals surface area contributed by atoms with Gasteiger partial charge in [-0.2, -0.15) is 0 Å². The van der Waals surface area contributed by atoms with Crippen molar-refractivity contribution >= 4 is 21.4 Å². The number of ether oxygens (including phenoxy) is 1. The molecule has 2 aromatic heterocycles. The van der Waals surface area contributed by atoms with E-state index in [4.69, 9.17) is 4.74 Å². The lowest BCUT2D eigenvalue weighted by Gasteiger charge is -2.23. The lowest BCUT2D eigenvalue weighted by atomic mass is 10.00. The SMILES string of the molecule is c1cncc(C2OCCc3c2sc2ccccc32)c1. The van der Waals surface area contributed by atoms with Crippen LogP contribution in [0.15, 0.2) is 48.8 Å². The Bertz CT molecular complexity index is 720. The maximum absolute atomic E-state index is 5.99. The van der Waals surface area contributed by atoms with E-state index in [2.05, 4.69) is 35.3 Å². The number of aromatic nitrogens is 1. The quantitative estimate of drug-likeness (QED) is 0.666. The zero-order valence-corrected chi connectivity index (χ0v) is 11.2. The molecule has 4 rings (SSSR count). The number of hydrogen-bond acceptors (Lipinski definition) is 3. The largest absolute Gasteiger partial charge is 0.368 e. The van der Waals surface area contributed by atoms with Crippen molar-refractivity contribution < 1.29 is 4.74 Å². The summed E-state index contributed by atoms with van der Waals surface area (Å²) in [7, 11) is 0. The Kier molecular flexibility index (Phi) is 2.60. The minimum Gasteiger partial charge on any atom is -0.368 e. The molecule has 0 spiro atoms. The van der Waals surface area contributed by atoms with E-state index in [-0.39, 0.29) is 6.10 Å². The van der Waals surface area contributed by atoms with E-state index in [9.17, 15) is 0 Å². The summed E-state index contributed by atoms with van der Waals surface area (Å²) < 4.78 is 7.34. The number of fused-ring (bicyclic) bond motifs is 3. The summed E-state index contributed by atoms with van der Waals surface area (Å²) >= 11 is 1.85. The second kappa shape index (κ2) is 4.44. The molecular formula is C16H13NOS. The first-order valence-corrected chi connectivity index (χ1v) is 7.27. The molecule has 19 heavy (non-hydrogen) atoms. The van der Waals surface area contributed by atoms with Gasteiger partial charge in [0.15, 0.2) is 0 Å². The van der Waals surface area contributed by atoms with Gasteiger partial charge in [0.1, 0.15) is 6.10 Å². The first kappa shape index (κ1) is 11.1. The van der Waals surface area contributed by atoms with E-state index in [0.717, 1.165) is 18.6 Å². The molecule has 3 heteroatoms. The Morgan fingerprint density at radius 1 is 1.16 bits per heavy atom. The minimum absolute atomic E-state index is 0.0508. The van der Waals surface area contributed by atoms with E-state index in [1.165, 1.54) is 20.5 Å². The molecule has 94 valence electrons. The number of hydrogen-bond donors (Lipinski definition) is 0. The number of pyridine rings is 1. The molecule has 0 bridgehead atoms. The van der Waals surface area contributed by atoms with Crippen LogP contribution in [0.2, 0.25) is 0 Å². The van der Waals surface area contributed by atoms with Gasteiger partial charge in [0.2, 0.25) is 0 Å². The van der Waals surface area contributed by atoms with Crippen molar-refractivity contribution in [3.8, 4) is 0 Å². The number of nitrogens with zero attached hydrogens (tertiary/aromatic N) is 1. The Balaban J connectivity index is 1.91. The van der Waals surface area contributed by atoms with Crippen molar-refractivity contribution in [1.82, 2.24) is 4.98 Å². The Morgan fingerprint density at radius 2 is 2.11 bits per heavy atom. The third-order valence-electron chi connectivity index (χ3n) is 3.59. The predicted molar refractivity (Wildman–Crippen MR) is 77.6 cm³/mol. The smallest absolute Gasteiger partial charge is 0.118 e. The van der Waals surface area contributed by atoms with Gasteiger partial charge >= 0.3 is 0 Å². The molecule has 2 nitrogen and oxygen atoms in total. The van der Waals surface area contributed by atoms with Gasteiger partial charge in [-0.15, -0.1) is 11.3 Å². The van der Waals surface area contributed by atoms with Crippen molar-refractivity contribution in [2.24, 2.45) is 0 Å². The summed E-state index contributed by atoms with van der Waals surface area (Å²) in [6, 6.07) is 12.7. The summed E-state index contributed by atoms with van der Waals surface area (Å²) in [6.07, 6.45) is 4.77. The van der Waals surface area contributed by atoms with Crippen LogP contribution < -0.4 is 0 Å². The first-order valence-electron chi connectivity index (χ1n) is 6.45. The molecule has 3 aromatic rings. The number of thiophene rings is 1.